The summed E-state index contributed by atoms with van der Waals surface area (Å²) in [5.41, 5.74) is 3.02. The lowest BCUT2D eigenvalue weighted by Crippen LogP contribution is -2.46. The lowest BCUT2D eigenvalue weighted by molar-refractivity contribution is 0.0698. The maximum Gasteiger partial charge on any atom is 0.337 e. The van der Waals surface area contributed by atoms with Gasteiger partial charge in [0.2, 0.25) is 0 Å². The van der Waals surface area contributed by atoms with Crippen LogP contribution >= 0.6 is 0 Å². The Bertz CT molecular complexity index is 1160. The van der Waals surface area contributed by atoms with Crippen LogP contribution in [0.15, 0.2) is 66.7 Å². The molecule has 0 atom stereocenters. The SMILES string of the molecule is Cc1cccc(C(=O)Nc2ccc(N3CCN(c4ccccc4F)CC3)cc2C(=O)O)c1. The second-order valence-electron chi connectivity index (χ2n) is 7.78. The summed E-state index contributed by atoms with van der Waals surface area (Å²) in [7, 11) is 0. The molecule has 0 aromatic heterocycles. The lowest BCUT2D eigenvalue weighted by atomic mass is 10.1. The van der Waals surface area contributed by atoms with Gasteiger partial charge in [-0.05, 0) is 49.4 Å². The van der Waals surface area contributed by atoms with Crippen molar-refractivity contribution >= 4 is 28.9 Å². The van der Waals surface area contributed by atoms with Crippen molar-refractivity contribution in [1.82, 2.24) is 0 Å². The number of nitrogens with one attached hydrogen (secondary N) is 1. The molecule has 3 aromatic carbocycles. The number of anilines is 3. The Kier molecular flexibility index (Phi) is 6.07. The summed E-state index contributed by atoms with van der Waals surface area (Å²) in [4.78, 5) is 28.5. The van der Waals surface area contributed by atoms with Gasteiger partial charge in [0, 0.05) is 37.4 Å². The molecule has 32 heavy (non-hydrogen) atoms. The molecule has 0 spiro atoms. The Labute approximate surface area is 185 Å². The van der Waals surface area contributed by atoms with Crippen molar-refractivity contribution in [2.75, 3.05) is 41.3 Å². The van der Waals surface area contributed by atoms with E-state index >= 15 is 0 Å². The number of amides is 1. The quantitative estimate of drug-likeness (QED) is 0.624. The monoisotopic (exact) mass is 433 g/mol. The molecule has 164 valence electrons. The zero-order valence-corrected chi connectivity index (χ0v) is 17.7. The number of aromatic carboxylic acids is 1. The third-order valence-corrected chi connectivity index (χ3v) is 5.60. The summed E-state index contributed by atoms with van der Waals surface area (Å²) in [5.74, 6) is -1.72. The van der Waals surface area contributed by atoms with Crippen LogP contribution in [0.5, 0.6) is 0 Å². The second-order valence-corrected chi connectivity index (χ2v) is 7.78. The fourth-order valence-corrected chi connectivity index (χ4v) is 3.91. The first-order valence-electron chi connectivity index (χ1n) is 10.4. The molecule has 1 amide bonds. The van der Waals surface area contributed by atoms with Crippen LogP contribution in [-0.4, -0.2) is 43.2 Å². The van der Waals surface area contributed by atoms with Crippen molar-refractivity contribution in [3.63, 3.8) is 0 Å². The molecule has 1 saturated heterocycles. The Morgan fingerprint density at radius 3 is 2.31 bits per heavy atom. The Balaban J connectivity index is 1.49. The van der Waals surface area contributed by atoms with Crippen molar-refractivity contribution in [3.8, 4) is 0 Å². The molecular weight excluding hydrogens is 409 g/mol. The predicted octanol–water partition coefficient (Wildman–Crippen LogP) is 4.41. The minimum atomic E-state index is -1.11. The van der Waals surface area contributed by atoms with E-state index in [1.807, 2.05) is 24.0 Å². The average molecular weight is 433 g/mol. The molecule has 1 aliphatic heterocycles. The number of carbonyl (C=O) groups is 2. The van der Waals surface area contributed by atoms with Crippen LogP contribution in [0.4, 0.5) is 21.5 Å². The van der Waals surface area contributed by atoms with Crippen LogP contribution in [0, 0.1) is 12.7 Å². The zero-order valence-electron chi connectivity index (χ0n) is 17.7. The average Bonchev–Trinajstić information content (AvgIpc) is 2.79. The van der Waals surface area contributed by atoms with Gasteiger partial charge in [0.15, 0.2) is 0 Å². The summed E-state index contributed by atoms with van der Waals surface area (Å²) < 4.78 is 14.1. The molecule has 4 rings (SSSR count). The molecule has 0 bridgehead atoms. The maximum atomic E-state index is 14.1. The predicted molar refractivity (Wildman–Crippen MR) is 123 cm³/mol. The molecule has 0 aliphatic carbocycles. The minimum absolute atomic E-state index is 0.0278. The molecule has 0 unspecified atom stereocenters. The van der Waals surface area contributed by atoms with Gasteiger partial charge in [0.25, 0.3) is 5.91 Å². The highest BCUT2D eigenvalue weighted by Crippen LogP contribution is 2.27. The van der Waals surface area contributed by atoms with E-state index in [1.165, 1.54) is 6.07 Å². The third kappa shape index (κ3) is 4.56. The fraction of sp³-hybridized carbons (Fsp3) is 0.200. The van der Waals surface area contributed by atoms with Crippen LogP contribution in [0.25, 0.3) is 0 Å². The van der Waals surface area contributed by atoms with Gasteiger partial charge in [-0.25, -0.2) is 9.18 Å². The Morgan fingerprint density at radius 2 is 1.62 bits per heavy atom. The van der Waals surface area contributed by atoms with Gasteiger partial charge in [-0.2, -0.15) is 0 Å². The van der Waals surface area contributed by atoms with Crippen molar-refractivity contribution in [2.24, 2.45) is 0 Å². The Hall–Kier alpha value is -3.87. The van der Waals surface area contributed by atoms with Gasteiger partial charge in [0.05, 0.1) is 16.9 Å². The van der Waals surface area contributed by atoms with Gasteiger partial charge < -0.3 is 20.2 Å². The van der Waals surface area contributed by atoms with Crippen molar-refractivity contribution < 1.29 is 19.1 Å². The molecule has 0 saturated carbocycles. The van der Waals surface area contributed by atoms with Crippen LogP contribution in [0.2, 0.25) is 0 Å². The summed E-state index contributed by atoms with van der Waals surface area (Å²) in [5, 5.41) is 12.4. The number of carboxylic acid groups (broad SMARTS) is 1. The van der Waals surface area contributed by atoms with Crippen LogP contribution in [-0.2, 0) is 0 Å². The van der Waals surface area contributed by atoms with E-state index < -0.39 is 5.97 Å². The molecule has 2 N–H and O–H groups in total. The molecule has 3 aromatic rings. The zero-order chi connectivity index (χ0) is 22.7. The fourth-order valence-electron chi connectivity index (χ4n) is 3.91. The number of rotatable bonds is 5. The van der Waals surface area contributed by atoms with Crippen molar-refractivity contribution in [2.45, 2.75) is 6.92 Å². The molecule has 1 aliphatic rings. The van der Waals surface area contributed by atoms with E-state index in [0.29, 0.717) is 37.4 Å². The molecule has 0 radical (unpaired) electrons. The van der Waals surface area contributed by atoms with E-state index in [-0.39, 0.29) is 23.0 Å². The largest absolute Gasteiger partial charge is 0.478 e. The van der Waals surface area contributed by atoms with E-state index in [9.17, 15) is 19.1 Å². The normalized spacial score (nSPS) is 13.7. The standard InChI is InChI=1S/C25H24FN3O3/c1-17-5-4-6-18(15-17)24(30)27-22-10-9-19(16-20(22)25(31)32)28-11-13-29(14-12-28)23-8-3-2-7-21(23)26/h2-10,15-16H,11-14H2,1H3,(H,27,30)(H,31,32). The molecule has 1 heterocycles. The topological polar surface area (TPSA) is 72.9 Å². The van der Waals surface area contributed by atoms with Gasteiger partial charge >= 0.3 is 5.97 Å². The molecular formula is C25H24FN3O3. The van der Waals surface area contributed by atoms with Crippen molar-refractivity contribution in [1.29, 1.82) is 0 Å². The summed E-state index contributed by atoms with van der Waals surface area (Å²) in [6.07, 6.45) is 0. The van der Waals surface area contributed by atoms with Crippen LogP contribution in [0.1, 0.15) is 26.3 Å². The summed E-state index contributed by atoms with van der Waals surface area (Å²) in [6, 6.07) is 18.8. The first-order valence-corrected chi connectivity index (χ1v) is 10.4. The number of benzene rings is 3. The van der Waals surface area contributed by atoms with E-state index in [2.05, 4.69) is 10.2 Å². The van der Waals surface area contributed by atoms with Crippen LogP contribution < -0.4 is 15.1 Å². The summed E-state index contributed by atoms with van der Waals surface area (Å²) in [6.45, 7) is 4.38. The second kappa shape index (κ2) is 9.09. The number of aryl methyl sites for hydroxylation is 1. The maximum absolute atomic E-state index is 14.1. The highest BCUT2D eigenvalue weighted by atomic mass is 19.1. The van der Waals surface area contributed by atoms with Gasteiger partial charge in [-0.15, -0.1) is 0 Å². The summed E-state index contributed by atoms with van der Waals surface area (Å²) >= 11 is 0. The van der Waals surface area contributed by atoms with Crippen molar-refractivity contribution in [3.05, 3.63) is 89.2 Å². The first kappa shape index (κ1) is 21.4. The number of nitrogens with zero attached hydrogens (tertiary/aromatic N) is 2. The third-order valence-electron chi connectivity index (χ3n) is 5.60. The van der Waals surface area contributed by atoms with E-state index in [1.54, 1.807) is 48.5 Å². The lowest BCUT2D eigenvalue weighted by Gasteiger charge is -2.37. The highest BCUT2D eigenvalue weighted by Gasteiger charge is 2.22. The minimum Gasteiger partial charge on any atom is -0.478 e. The smallest absolute Gasteiger partial charge is 0.337 e. The van der Waals surface area contributed by atoms with Gasteiger partial charge in [-0.1, -0.05) is 29.8 Å². The number of carboxylic acids is 1. The van der Waals surface area contributed by atoms with E-state index in [4.69, 9.17) is 0 Å². The number of hydrogen-bond acceptors (Lipinski definition) is 4. The molecule has 7 heteroatoms. The number of piperazine rings is 1. The first-order chi connectivity index (χ1) is 15.4. The van der Waals surface area contributed by atoms with E-state index in [0.717, 1.165) is 11.3 Å². The number of hydrogen-bond donors (Lipinski definition) is 2. The van der Waals surface area contributed by atoms with Gasteiger partial charge in [-0.3, -0.25) is 4.79 Å². The Morgan fingerprint density at radius 1 is 0.906 bits per heavy atom. The highest BCUT2D eigenvalue weighted by molar-refractivity contribution is 6.08. The number of carbonyl (C=O) groups excluding carboxylic acids is 1. The number of para-hydroxylation sites is 1. The van der Waals surface area contributed by atoms with Crippen LogP contribution in [0.3, 0.4) is 0 Å². The molecule has 1 fully saturated rings. The number of halogens is 1. The van der Waals surface area contributed by atoms with Gasteiger partial charge in [0.1, 0.15) is 5.82 Å². The molecule has 6 nitrogen and oxygen atoms in total.